The van der Waals surface area contributed by atoms with Gasteiger partial charge in [-0.3, -0.25) is 4.98 Å². The normalized spacial score (nSPS) is 10.5. The van der Waals surface area contributed by atoms with Gasteiger partial charge in [-0.05, 0) is 42.0 Å². The SMILES string of the molecule is Brc1ccc(-n2cc(-c3ccncc3)cn2)cc1. The van der Waals surface area contributed by atoms with Gasteiger partial charge in [-0.1, -0.05) is 15.9 Å². The van der Waals surface area contributed by atoms with E-state index in [1.165, 1.54) is 0 Å². The molecule has 3 aromatic rings. The zero-order valence-corrected chi connectivity index (χ0v) is 11.1. The molecule has 18 heavy (non-hydrogen) atoms. The van der Waals surface area contributed by atoms with Crippen molar-refractivity contribution in [3.05, 3.63) is 65.7 Å². The van der Waals surface area contributed by atoms with Crippen LogP contribution in [0.5, 0.6) is 0 Å². The number of pyridine rings is 1. The molecule has 0 saturated carbocycles. The van der Waals surface area contributed by atoms with Crippen molar-refractivity contribution in [3.8, 4) is 16.8 Å². The highest BCUT2D eigenvalue weighted by molar-refractivity contribution is 9.10. The Balaban J connectivity index is 1.97. The highest BCUT2D eigenvalue weighted by Gasteiger charge is 2.02. The molecule has 0 atom stereocenters. The van der Waals surface area contributed by atoms with Gasteiger partial charge in [0, 0.05) is 28.6 Å². The fraction of sp³-hybridized carbons (Fsp3) is 0. The fourth-order valence-electron chi connectivity index (χ4n) is 1.75. The van der Waals surface area contributed by atoms with Crippen LogP contribution in [0.3, 0.4) is 0 Å². The van der Waals surface area contributed by atoms with Gasteiger partial charge in [-0.15, -0.1) is 0 Å². The summed E-state index contributed by atoms with van der Waals surface area (Å²) in [5, 5.41) is 4.37. The lowest BCUT2D eigenvalue weighted by molar-refractivity contribution is 0.880. The molecule has 0 aliphatic rings. The predicted octanol–water partition coefficient (Wildman–Crippen LogP) is 3.70. The summed E-state index contributed by atoms with van der Waals surface area (Å²) in [6, 6.07) is 12.0. The first kappa shape index (κ1) is 11.2. The van der Waals surface area contributed by atoms with Crippen molar-refractivity contribution in [2.45, 2.75) is 0 Å². The molecule has 4 heteroatoms. The van der Waals surface area contributed by atoms with Gasteiger partial charge in [-0.25, -0.2) is 4.68 Å². The molecule has 0 amide bonds. The van der Waals surface area contributed by atoms with Crippen molar-refractivity contribution in [1.82, 2.24) is 14.8 Å². The maximum Gasteiger partial charge on any atom is 0.0646 e. The molecule has 0 fully saturated rings. The third-order valence-electron chi connectivity index (χ3n) is 2.69. The molecule has 0 bridgehead atoms. The maximum absolute atomic E-state index is 4.37. The molecule has 0 spiro atoms. The summed E-state index contributed by atoms with van der Waals surface area (Å²) in [5.41, 5.74) is 3.24. The Morgan fingerprint density at radius 1 is 0.889 bits per heavy atom. The number of hydrogen-bond acceptors (Lipinski definition) is 2. The number of benzene rings is 1. The molecule has 0 aliphatic heterocycles. The van der Waals surface area contributed by atoms with Crippen LogP contribution in [0.2, 0.25) is 0 Å². The second kappa shape index (κ2) is 4.74. The maximum atomic E-state index is 4.37. The number of halogens is 1. The third-order valence-corrected chi connectivity index (χ3v) is 3.22. The third kappa shape index (κ3) is 2.19. The summed E-state index contributed by atoms with van der Waals surface area (Å²) in [5.74, 6) is 0. The number of nitrogens with zero attached hydrogens (tertiary/aromatic N) is 3. The molecule has 0 unspecified atom stereocenters. The summed E-state index contributed by atoms with van der Waals surface area (Å²) < 4.78 is 2.93. The van der Waals surface area contributed by atoms with Crippen molar-refractivity contribution in [2.75, 3.05) is 0 Å². The molecule has 0 aliphatic carbocycles. The van der Waals surface area contributed by atoms with Crippen LogP contribution in [0.1, 0.15) is 0 Å². The van der Waals surface area contributed by atoms with E-state index in [0.717, 1.165) is 21.3 Å². The van der Waals surface area contributed by atoms with E-state index in [-0.39, 0.29) is 0 Å². The molecule has 0 saturated heterocycles. The van der Waals surface area contributed by atoms with E-state index in [1.54, 1.807) is 12.4 Å². The van der Waals surface area contributed by atoms with Gasteiger partial charge >= 0.3 is 0 Å². The molecule has 2 aromatic heterocycles. The summed E-state index contributed by atoms with van der Waals surface area (Å²) in [6.07, 6.45) is 7.44. The standard InChI is InChI=1S/C14H10BrN3/c15-13-1-3-14(4-2-13)18-10-12(9-17-18)11-5-7-16-8-6-11/h1-10H. The van der Waals surface area contributed by atoms with Crippen molar-refractivity contribution >= 4 is 15.9 Å². The van der Waals surface area contributed by atoms with Crippen molar-refractivity contribution in [1.29, 1.82) is 0 Å². The average Bonchev–Trinajstić information content (AvgIpc) is 2.90. The molecule has 0 radical (unpaired) electrons. The number of hydrogen-bond donors (Lipinski definition) is 0. The highest BCUT2D eigenvalue weighted by atomic mass is 79.9. The first-order valence-corrected chi connectivity index (χ1v) is 6.33. The monoisotopic (exact) mass is 299 g/mol. The first-order valence-electron chi connectivity index (χ1n) is 5.54. The zero-order chi connectivity index (χ0) is 12.4. The second-order valence-corrected chi connectivity index (χ2v) is 4.80. The molecule has 2 heterocycles. The summed E-state index contributed by atoms with van der Waals surface area (Å²) >= 11 is 3.42. The quantitative estimate of drug-likeness (QED) is 0.722. The van der Waals surface area contributed by atoms with Crippen LogP contribution in [-0.4, -0.2) is 14.8 Å². The van der Waals surface area contributed by atoms with E-state index < -0.39 is 0 Å². The molecule has 0 N–H and O–H groups in total. The van der Waals surface area contributed by atoms with E-state index in [9.17, 15) is 0 Å². The molecule has 1 aromatic carbocycles. The van der Waals surface area contributed by atoms with Crippen LogP contribution in [0.25, 0.3) is 16.8 Å². The molecule has 88 valence electrons. The zero-order valence-electron chi connectivity index (χ0n) is 9.49. The van der Waals surface area contributed by atoms with Gasteiger partial charge in [0.15, 0.2) is 0 Å². The largest absolute Gasteiger partial charge is 0.265 e. The van der Waals surface area contributed by atoms with Crippen molar-refractivity contribution in [2.24, 2.45) is 0 Å². The van der Waals surface area contributed by atoms with E-state index in [1.807, 2.05) is 53.5 Å². The Labute approximate surface area is 113 Å². The lowest BCUT2D eigenvalue weighted by Crippen LogP contribution is -1.92. The smallest absolute Gasteiger partial charge is 0.0646 e. The predicted molar refractivity (Wildman–Crippen MR) is 74.5 cm³/mol. The topological polar surface area (TPSA) is 30.7 Å². The molecular weight excluding hydrogens is 290 g/mol. The number of rotatable bonds is 2. The molecule has 3 nitrogen and oxygen atoms in total. The van der Waals surface area contributed by atoms with Crippen molar-refractivity contribution < 1.29 is 0 Å². The van der Waals surface area contributed by atoms with E-state index in [4.69, 9.17) is 0 Å². The van der Waals surface area contributed by atoms with Gasteiger partial charge in [0.2, 0.25) is 0 Å². The van der Waals surface area contributed by atoms with Crippen LogP contribution in [0.4, 0.5) is 0 Å². The van der Waals surface area contributed by atoms with Crippen LogP contribution in [-0.2, 0) is 0 Å². The first-order chi connectivity index (χ1) is 8.83. The minimum atomic E-state index is 1.04. The molecular formula is C14H10BrN3. The Bertz CT molecular complexity index is 644. The van der Waals surface area contributed by atoms with Crippen LogP contribution >= 0.6 is 15.9 Å². The van der Waals surface area contributed by atoms with E-state index in [2.05, 4.69) is 26.0 Å². The van der Waals surface area contributed by atoms with Gasteiger partial charge in [0.05, 0.1) is 11.9 Å². The average molecular weight is 300 g/mol. The van der Waals surface area contributed by atoms with Crippen molar-refractivity contribution in [3.63, 3.8) is 0 Å². The van der Waals surface area contributed by atoms with Crippen LogP contribution in [0, 0.1) is 0 Å². The summed E-state index contributed by atoms with van der Waals surface area (Å²) in [7, 11) is 0. The highest BCUT2D eigenvalue weighted by Crippen LogP contribution is 2.20. The van der Waals surface area contributed by atoms with Crippen LogP contribution < -0.4 is 0 Å². The Morgan fingerprint density at radius 2 is 1.61 bits per heavy atom. The van der Waals surface area contributed by atoms with Gasteiger partial charge in [0.1, 0.15) is 0 Å². The van der Waals surface area contributed by atoms with Gasteiger partial charge in [-0.2, -0.15) is 5.10 Å². The second-order valence-electron chi connectivity index (χ2n) is 3.89. The van der Waals surface area contributed by atoms with E-state index >= 15 is 0 Å². The lowest BCUT2D eigenvalue weighted by Gasteiger charge is -2.00. The minimum Gasteiger partial charge on any atom is -0.265 e. The Morgan fingerprint density at radius 3 is 2.33 bits per heavy atom. The van der Waals surface area contributed by atoms with E-state index in [0.29, 0.717) is 0 Å². The number of aromatic nitrogens is 3. The lowest BCUT2D eigenvalue weighted by atomic mass is 10.1. The van der Waals surface area contributed by atoms with Gasteiger partial charge < -0.3 is 0 Å². The molecule has 3 rings (SSSR count). The van der Waals surface area contributed by atoms with Crippen LogP contribution in [0.15, 0.2) is 65.7 Å². The minimum absolute atomic E-state index is 1.04. The van der Waals surface area contributed by atoms with Gasteiger partial charge in [0.25, 0.3) is 0 Å². The summed E-state index contributed by atoms with van der Waals surface area (Å²) in [4.78, 5) is 4.01. The Hall–Kier alpha value is -1.94. The summed E-state index contributed by atoms with van der Waals surface area (Å²) in [6.45, 7) is 0. The fourth-order valence-corrected chi connectivity index (χ4v) is 2.02. The Kier molecular flexibility index (Phi) is 2.94.